The zero-order valence-corrected chi connectivity index (χ0v) is 16.7. The van der Waals surface area contributed by atoms with E-state index in [4.69, 9.17) is 0 Å². The van der Waals surface area contributed by atoms with E-state index in [2.05, 4.69) is 55.0 Å². The molecule has 3 aromatic rings. The Morgan fingerprint density at radius 2 is 1.68 bits per heavy atom. The van der Waals surface area contributed by atoms with Gasteiger partial charge in [-0.25, -0.2) is 4.98 Å². The van der Waals surface area contributed by atoms with Crippen molar-refractivity contribution in [2.45, 2.75) is 45.4 Å². The number of benzene rings is 2. The number of Topliss-reactive ketones (excluding diaryl/α,β-unsaturated/α-hetero) is 1. The lowest BCUT2D eigenvalue weighted by atomic mass is 9.86. The zero-order valence-electron chi connectivity index (χ0n) is 16.7. The van der Waals surface area contributed by atoms with E-state index in [1.165, 1.54) is 17.2 Å². The number of ketones is 1. The first-order valence-corrected chi connectivity index (χ1v) is 9.62. The van der Waals surface area contributed by atoms with Crippen molar-refractivity contribution in [1.82, 2.24) is 9.97 Å². The maximum Gasteiger partial charge on any atom is 0.251 e. The van der Waals surface area contributed by atoms with Crippen molar-refractivity contribution in [3.05, 3.63) is 87.8 Å². The van der Waals surface area contributed by atoms with Crippen LogP contribution in [0.15, 0.2) is 65.5 Å². The molecule has 0 aliphatic rings. The number of H-pyrrole nitrogens is 1. The summed E-state index contributed by atoms with van der Waals surface area (Å²) in [6, 6.07) is 19.2. The number of hydrogen-bond donors (Lipinski definition) is 1. The van der Waals surface area contributed by atoms with Crippen LogP contribution in [-0.2, 0) is 11.8 Å². The van der Waals surface area contributed by atoms with Crippen molar-refractivity contribution in [3.8, 4) is 11.4 Å². The third kappa shape index (κ3) is 5.03. The van der Waals surface area contributed by atoms with Crippen molar-refractivity contribution < 1.29 is 4.79 Å². The van der Waals surface area contributed by atoms with Crippen molar-refractivity contribution in [3.63, 3.8) is 0 Å². The SMILES string of the molecule is CC(C)(C)c1ccc(CCCC(=O)c2cc(=O)[nH]c(-c3ccccc3)n2)cc1. The second-order valence-corrected chi connectivity index (χ2v) is 8.07. The number of nitrogens with one attached hydrogen (secondary N) is 1. The summed E-state index contributed by atoms with van der Waals surface area (Å²) in [6.07, 6.45) is 1.92. The fraction of sp³-hybridized carbons (Fsp3) is 0.292. The summed E-state index contributed by atoms with van der Waals surface area (Å²) in [5.41, 5.74) is 3.35. The third-order valence-corrected chi connectivity index (χ3v) is 4.76. The van der Waals surface area contributed by atoms with Gasteiger partial charge in [-0.3, -0.25) is 9.59 Å². The molecule has 144 valence electrons. The van der Waals surface area contributed by atoms with E-state index in [0.717, 1.165) is 18.4 Å². The molecule has 1 heterocycles. The fourth-order valence-electron chi connectivity index (χ4n) is 3.09. The number of aromatic amines is 1. The molecule has 0 radical (unpaired) electrons. The van der Waals surface area contributed by atoms with Gasteiger partial charge in [0.25, 0.3) is 5.56 Å². The largest absolute Gasteiger partial charge is 0.306 e. The van der Waals surface area contributed by atoms with Gasteiger partial charge in [-0.1, -0.05) is 75.4 Å². The normalized spacial score (nSPS) is 11.4. The van der Waals surface area contributed by atoms with E-state index in [1.54, 1.807) is 0 Å². The van der Waals surface area contributed by atoms with E-state index in [9.17, 15) is 9.59 Å². The number of carbonyl (C=O) groups excluding carboxylic acids is 1. The number of nitrogens with zero attached hydrogens (tertiary/aromatic N) is 1. The smallest absolute Gasteiger partial charge is 0.251 e. The minimum Gasteiger partial charge on any atom is -0.306 e. The summed E-state index contributed by atoms with van der Waals surface area (Å²) >= 11 is 0. The quantitative estimate of drug-likeness (QED) is 0.622. The van der Waals surface area contributed by atoms with Crippen LogP contribution >= 0.6 is 0 Å². The van der Waals surface area contributed by atoms with Gasteiger partial charge in [-0.15, -0.1) is 0 Å². The molecule has 0 bridgehead atoms. The molecule has 0 aliphatic heterocycles. The van der Waals surface area contributed by atoms with Crippen molar-refractivity contribution in [2.24, 2.45) is 0 Å². The van der Waals surface area contributed by atoms with Crippen molar-refractivity contribution in [2.75, 3.05) is 0 Å². The molecule has 1 N–H and O–H groups in total. The molecule has 0 aliphatic carbocycles. The summed E-state index contributed by atoms with van der Waals surface area (Å²) in [4.78, 5) is 31.6. The second kappa shape index (κ2) is 8.34. The fourth-order valence-corrected chi connectivity index (χ4v) is 3.09. The molecule has 0 fully saturated rings. The number of aryl methyl sites for hydroxylation is 1. The summed E-state index contributed by atoms with van der Waals surface area (Å²) in [5, 5.41) is 0. The molecule has 0 saturated carbocycles. The molecule has 0 saturated heterocycles. The highest BCUT2D eigenvalue weighted by atomic mass is 16.1. The van der Waals surface area contributed by atoms with Gasteiger partial charge in [0.15, 0.2) is 5.78 Å². The van der Waals surface area contributed by atoms with Gasteiger partial charge < -0.3 is 4.98 Å². The average molecular weight is 374 g/mol. The molecular formula is C24H26N2O2. The molecule has 0 spiro atoms. The van der Waals surface area contributed by atoms with Gasteiger partial charge in [-0.2, -0.15) is 0 Å². The van der Waals surface area contributed by atoms with E-state index >= 15 is 0 Å². The summed E-state index contributed by atoms with van der Waals surface area (Å²) in [7, 11) is 0. The zero-order chi connectivity index (χ0) is 20.1. The third-order valence-electron chi connectivity index (χ3n) is 4.76. The first-order chi connectivity index (χ1) is 13.3. The number of aromatic nitrogens is 2. The highest BCUT2D eigenvalue weighted by Gasteiger charge is 2.14. The van der Waals surface area contributed by atoms with Gasteiger partial charge in [-0.05, 0) is 29.4 Å². The summed E-state index contributed by atoms with van der Waals surface area (Å²) < 4.78 is 0. The summed E-state index contributed by atoms with van der Waals surface area (Å²) in [6.45, 7) is 6.58. The Morgan fingerprint density at radius 3 is 2.32 bits per heavy atom. The molecule has 0 amide bonds. The molecule has 4 heteroatoms. The van der Waals surface area contributed by atoms with Gasteiger partial charge in [0.05, 0.1) is 0 Å². The number of carbonyl (C=O) groups is 1. The molecule has 4 nitrogen and oxygen atoms in total. The van der Waals surface area contributed by atoms with Crippen LogP contribution in [0, 0.1) is 0 Å². The van der Waals surface area contributed by atoms with Crippen LogP contribution in [0.25, 0.3) is 11.4 Å². The van der Waals surface area contributed by atoms with Crippen LogP contribution in [0.5, 0.6) is 0 Å². The highest BCUT2D eigenvalue weighted by Crippen LogP contribution is 2.22. The lowest BCUT2D eigenvalue weighted by Crippen LogP contribution is -2.14. The van der Waals surface area contributed by atoms with E-state index < -0.39 is 0 Å². The van der Waals surface area contributed by atoms with E-state index in [1.807, 2.05) is 30.3 Å². The Labute approximate surface area is 165 Å². The first-order valence-electron chi connectivity index (χ1n) is 9.62. The van der Waals surface area contributed by atoms with Crippen LogP contribution in [0.3, 0.4) is 0 Å². The molecule has 0 unspecified atom stereocenters. The Balaban J connectivity index is 1.64. The van der Waals surface area contributed by atoms with Crippen LogP contribution in [0.1, 0.15) is 55.2 Å². The Kier molecular flexibility index (Phi) is 5.88. The topological polar surface area (TPSA) is 62.8 Å². The van der Waals surface area contributed by atoms with Crippen molar-refractivity contribution >= 4 is 5.78 Å². The monoisotopic (exact) mass is 374 g/mol. The predicted molar refractivity (Wildman–Crippen MR) is 113 cm³/mol. The van der Waals surface area contributed by atoms with Crippen LogP contribution in [0.2, 0.25) is 0 Å². The van der Waals surface area contributed by atoms with Gasteiger partial charge in [0.1, 0.15) is 11.5 Å². The molecule has 3 rings (SSSR count). The Morgan fingerprint density at radius 1 is 1.00 bits per heavy atom. The van der Waals surface area contributed by atoms with Gasteiger partial charge >= 0.3 is 0 Å². The van der Waals surface area contributed by atoms with Crippen molar-refractivity contribution in [1.29, 1.82) is 0 Å². The standard InChI is InChI=1S/C24H26N2O2/c1-24(2,3)19-14-12-17(13-15-19)8-7-11-21(27)20-16-22(28)26-23(25-20)18-9-5-4-6-10-18/h4-6,9-10,12-16H,7-8,11H2,1-3H3,(H,25,26,28). The van der Waals surface area contributed by atoms with E-state index in [-0.39, 0.29) is 22.5 Å². The number of hydrogen-bond acceptors (Lipinski definition) is 3. The number of rotatable bonds is 6. The van der Waals surface area contributed by atoms with Gasteiger partial charge in [0, 0.05) is 18.1 Å². The van der Waals surface area contributed by atoms with Crippen LogP contribution in [-0.4, -0.2) is 15.8 Å². The summed E-state index contributed by atoms with van der Waals surface area (Å²) in [5.74, 6) is 0.323. The minimum absolute atomic E-state index is 0.102. The molecule has 1 aromatic heterocycles. The maximum absolute atomic E-state index is 12.5. The first kappa shape index (κ1) is 19.7. The van der Waals surface area contributed by atoms with E-state index in [0.29, 0.717) is 12.2 Å². The van der Waals surface area contributed by atoms with Gasteiger partial charge in [0.2, 0.25) is 0 Å². The predicted octanol–water partition coefficient (Wildman–Crippen LogP) is 4.94. The lowest BCUT2D eigenvalue weighted by molar-refractivity contribution is 0.0975. The average Bonchev–Trinajstić information content (AvgIpc) is 2.68. The molecule has 0 atom stereocenters. The maximum atomic E-state index is 12.5. The van der Waals surface area contributed by atoms with Crippen LogP contribution in [0.4, 0.5) is 0 Å². The molecule has 28 heavy (non-hydrogen) atoms. The molecular weight excluding hydrogens is 348 g/mol. The lowest BCUT2D eigenvalue weighted by Gasteiger charge is -2.19. The highest BCUT2D eigenvalue weighted by molar-refractivity contribution is 5.94. The molecule has 2 aromatic carbocycles. The second-order valence-electron chi connectivity index (χ2n) is 8.07. The Bertz CT molecular complexity index is 997. The minimum atomic E-state index is -0.310. The Hall–Kier alpha value is -3.01. The van der Waals surface area contributed by atoms with Crippen LogP contribution < -0.4 is 5.56 Å².